The summed E-state index contributed by atoms with van der Waals surface area (Å²) in [6.07, 6.45) is 0. The van der Waals surface area contributed by atoms with Gasteiger partial charge < -0.3 is 14.5 Å². The molecule has 0 radical (unpaired) electrons. The Balaban J connectivity index is 1.01. The first-order valence-electron chi connectivity index (χ1n) is 22.1. The lowest BCUT2D eigenvalue weighted by Crippen LogP contribution is -2.17. The highest BCUT2D eigenvalue weighted by atomic mass is 16.5. The van der Waals surface area contributed by atoms with Crippen molar-refractivity contribution in [2.75, 3.05) is 9.80 Å². The lowest BCUT2D eigenvalue weighted by Gasteiger charge is -2.32. The number of nitrogens with zero attached hydrogens (tertiary/aromatic N) is 2. The molecule has 10 aromatic rings. The second-order valence-corrected chi connectivity index (χ2v) is 17.3. The van der Waals surface area contributed by atoms with Gasteiger partial charge in [0.25, 0.3) is 0 Å². The number of ether oxygens (including phenoxy) is 1. The van der Waals surface area contributed by atoms with E-state index in [0.717, 1.165) is 67.5 Å². The van der Waals surface area contributed by atoms with Crippen LogP contribution in [0.3, 0.4) is 0 Å². The molecule has 0 saturated carbocycles. The minimum Gasteiger partial charge on any atom is -0.456 e. The fourth-order valence-corrected chi connectivity index (χ4v) is 10.1. The van der Waals surface area contributed by atoms with E-state index in [1.807, 2.05) is 0 Å². The summed E-state index contributed by atoms with van der Waals surface area (Å²) in [7, 11) is 0. The minimum absolute atomic E-state index is 0.155. The van der Waals surface area contributed by atoms with E-state index < -0.39 is 0 Å². The Bertz CT molecular complexity index is 3320. The van der Waals surface area contributed by atoms with Crippen molar-refractivity contribution in [1.29, 1.82) is 0 Å². The molecular weight excluding hydrogens is 777 g/mol. The third-order valence-corrected chi connectivity index (χ3v) is 13.2. The maximum atomic E-state index is 7.09. The third kappa shape index (κ3) is 6.20. The zero-order chi connectivity index (χ0) is 42.8. The number of benzene rings is 10. The molecule has 1 heterocycles. The van der Waals surface area contributed by atoms with Crippen LogP contribution in [-0.2, 0) is 5.41 Å². The van der Waals surface area contributed by atoms with Crippen LogP contribution in [0, 0.1) is 0 Å². The van der Waals surface area contributed by atoms with Crippen molar-refractivity contribution >= 4 is 44.9 Å². The SMILES string of the molecule is CC1(C)c2ccccc2-c2ccc(N(c3ccc(-c4ccc(-c5ccccc5)cc4)cc3)c3cccc4c3-c3cccc5cc(N(c6ccccc6)c6ccccc6)cc(c35)O4)cc21. The van der Waals surface area contributed by atoms with Crippen LogP contribution in [-0.4, -0.2) is 0 Å². The molecule has 1 aliphatic carbocycles. The first-order valence-corrected chi connectivity index (χ1v) is 22.1. The molecule has 0 amide bonds. The van der Waals surface area contributed by atoms with E-state index in [2.05, 4.69) is 254 Å². The monoisotopic (exact) mass is 820 g/mol. The average Bonchev–Trinajstić information content (AvgIpc) is 3.58. The zero-order valence-corrected chi connectivity index (χ0v) is 35.7. The fraction of sp³-hybridized carbons (Fsp3) is 0.0492. The summed E-state index contributed by atoms with van der Waals surface area (Å²) in [6.45, 7) is 4.70. The van der Waals surface area contributed by atoms with Gasteiger partial charge in [-0.05, 0) is 122 Å². The van der Waals surface area contributed by atoms with Crippen LogP contribution < -0.4 is 14.5 Å². The number of rotatable bonds is 8. The summed E-state index contributed by atoms with van der Waals surface area (Å²) in [6, 6.07) is 83.1. The van der Waals surface area contributed by atoms with Gasteiger partial charge in [-0.15, -0.1) is 0 Å². The Morgan fingerprint density at radius 2 is 0.875 bits per heavy atom. The van der Waals surface area contributed by atoms with E-state index >= 15 is 0 Å². The molecule has 12 rings (SSSR count). The Hall–Kier alpha value is -8.14. The molecule has 10 aromatic carbocycles. The minimum atomic E-state index is -0.155. The summed E-state index contributed by atoms with van der Waals surface area (Å²) in [4.78, 5) is 4.73. The lowest BCUT2D eigenvalue weighted by atomic mass is 9.82. The highest BCUT2D eigenvalue weighted by Gasteiger charge is 2.36. The third-order valence-electron chi connectivity index (χ3n) is 13.2. The second-order valence-electron chi connectivity index (χ2n) is 17.3. The summed E-state index contributed by atoms with van der Waals surface area (Å²) >= 11 is 0. The van der Waals surface area contributed by atoms with Crippen LogP contribution >= 0.6 is 0 Å². The van der Waals surface area contributed by atoms with Crippen LogP contribution in [0.5, 0.6) is 11.5 Å². The van der Waals surface area contributed by atoms with Gasteiger partial charge >= 0.3 is 0 Å². The molecule has 1 aliphatic heterocycles. The van der Waals surface area contributed by atoms with Gasteiger partial charge in [0.2, 0.25) is 0 Å². The molecule has 3 nitrogen and oxygen atoms in total. The van der Waals surface area contributed by atoms with E-state index in [0.29, 0.717) is 0 Å². The standard InChI is InChI=1S/C61H44N2O/c1-61(2)54-25-13-12-23-51(54)52-37-36-49(39-55(52)61)63(48-34-32-44(33-35-48)43-30-28-42(29-31-43)41-16-6-3-7-17-41)56-26-15-27-57-60(56)53-24-14-18-45-38-50(40-58(64-57)59(45)53)62(46-19-8-4-9-20-46)47-21-10-5-11-22-47/h3-40H,1-2H3. The molecule has 0 fully saturated rings. The summed E-state index contributed by atoms with van der Waals surface area (Å²) in [5.74, 6) is 1.67. The Morgan fingerprint density at radius 3 is 1.56 bits per heavy atom. The first-order chi connectivity index (χ1) is 31.5. The first kappa shape index (κ1) is 37.6. The number of hydrogen-bond donors (Lipinski definition) is 0. The predicted molar refractivity (Wildman–Crippen MR) is 267 cm³/mol. The molecule has 0 spiro atoms. The van der Waals surface area contributed by atoms with E-state index in [4.69, 9.17) is 4.74 Å². The molecule has 3 heteroatoms. The summed E-state index contributed by atoms with van der Waals surface area (Å²) in [5, 5.41) is 2.22. The summed E-state index contributed by atoms with van der Waals surface area (Å²) < 4.78 is 7.09. The van der Waals surface area contributed by atoms with Gasteiger partial charge in [-0.2, -0.15) is 0 Å². The number of anilines is 6. The van der Waals surface area contributed by atoms with Gasteiger partial charge in [0, 0.05) is 45.2 Å². The number of para-hydroxylation sites is 2. The lowest BCUT2D eigenvalue weighted by molar-refractivity contribution is 0.487. The van der Waals surface area contributed by atoms with Gasteiger partial charge in [-0.1, -0.05) is 172 Å². The van der Waals surface area contributed by atoms with Crippen molar-refractivity contribution in [2.45, 2.75) is 19.3 Å². The van der Waals surface area contributed by atoms with Crippen molar-refractivity contribution in [3.8, 4) is 56.0 Å². The van der Waals surface area contributed by atoms with Gasteiger partial charge in [-0.3, -0.25) is 0 Å². The molecule has 0 aromatic heterocycles. The molecule has 2 aliphatic rings. The second kappa shape index (κ2) is 15.0. The maximum absolute atomic E-state index is 7.09. The predicted octanol–water partition coefficient (Wildman–Crippen LogP) is 17.2. The van der Waals surface area contributed by atoms with Gasteiger partial charge in [0.05, 0.1) is 11.4 Å². The van der Waals surface area contributed by atoms with Crippen molar-refractivity contribution < 1.29 is 4.74 Å². The topological polar surface area (TPSA) is 15.7 Å². The van der Waals surface area contributed by atoms with E-state index in [1.165, 1.54) is 44.5 Å². The van der Waals surface area contributed by atoms with E-state index in [-0.39, 0.29) is 5.41 Å². The van der Waals surface area contributed by atoms with Crippen LogP contribution in [0.1, 0.15) is 25.0 Å². The smallest absolute Gasteiger partial charge is 0.138 e. The van der Waals surface area contributed by atoms with Crippen molar-refractivity contribution in [3.63, 3.8) is 0 Å². The molecule has 0 N–H and O–H groups in total. The molecule has 0 atom stereocenters. The van der Waals surface area contributed by atoms with E-state index in [9.17, 15) is 0 Å². The van der Waals surface area contributed by atoms with Gasteiger partial charge in [-0.25, -0.2) is 0 Å². The van der Waals surface area contributed by atoms with Crippen molar-refractivity contribution in [3.05, 3.63) is 242 Å². The number of hydrogen-bond acceptors (Lipinski definition) is 3. The van der Waals surface area contributed by atoms with Crippen molar-refractivity contribution in [2.24, 2.45) is 0 Å². The van der Waals surface area contributed by atoms with E-state index in [1.54, 1.807) is 0 Å². The molecule has 304 valence electrons. The van der Waals surface area contributed by atoms with Crippen LogP contribution in [0.25, 0.3) is 55.3 Å². The van der Waals surface area contributed by atoms with Crippen LogP contribution in [0.2, 0.25) is 0 Å². The van der Waals surface area contributed by atoms with Gasteiger partial charge in [0.15, 0.2) is 0 Å². The highest BCUT2D eigenvalue weighted by molar-refractivity contribution is 6.09. The zero-order valence-electron chi connectivity index (χ0n) is 35.7. The quantitative estimate of drug-likeness (QED) is 0.152. The molecular formula is C61H44N2O. The normalized spacial score (nSPS) is 12.8. The van der Waals surface area contributed by atoms with Gasteiger partial charge in [0.1, 0.15) is 11.5 Å². The highest BCUT2D eigenvalue weighted by Crippen LogP contribution is 2.56. The maximum Gasteiger partial charge on any atom is 0.138 e. The number of fused-ring (bicyclic) bond motifs is 5. The van der Waals surface area contributed by atoms with Crippen molar-refractivity contribution in [1.82, 2.24) is 0 Å². The summed E-state index contributed by atoms with van der Waals surface area (Å²) in [5.41, 5.74) is 18.6. The van der Waals surface area contributed by atoms with Crippen LogP contribution in [0.4, 0.5) is 34.1 Å². The van der Waals surface area contributed by atoms with Crippen LogP contribution in [0.15, 0.2) is 231 Å². The Morgan fingerprint density at radius 1 is 0.344 bits per heavy atom. The average molecular weight is 821 g/mol. The molecule has 0 unspecified atom stereocenters. The molecule has 0 bridgehead atoms. The Kier molecular flexibility index (Phi) is 8.84. The molecule has 64 heavy (non-hydrogen) atoms. The fourth-order valence-electron chi connectivity index (χ4n) is 10.1. The largest absolute Gasteiger partial charge is 0.456 e. The Labute approximate surface area is 374 Å². The molecule has 0 saturated heterocycles.